The topological polar surface area (TPSA) is 27.7 Å². The molecule has 72 valence electrons. The monoisotopic (exact) mass is 194 g/mol. The standard InChI is InChI=1S/C8H15ClO3/c1-4-10-7(2)12-8(3)11-6-5-9/h4,7-8H,1,5-6H2,2-3H3. The number of rotatable bonds is 7. The zero-order chi connectivity index (χ0) is 9.40. The normalized spacial score (nSPS) is 15.2. The van der Waals surface area contributed by atoms with Crippen molar-refractivity contribution in [3.63, 3.8) is 0 Å². The minimum Gasteiger partial charge on any atom is -0.473 e. The maximum Gasteiger partial charge on any atom is 0.198 e. The molecule has 0 aromatic carbocycles. The Hall–Kier alpha value is -0.250. The average molecular weight is 195 g/mol. The van der Waals surface area contributed by atoms with Crippen LogP contribution in [-0.2, 0) is 14.2 Å². The van der Waals surface area contributed by atoms with Gasteiger partial charge in [0, 0.05) is 5.88 Å². The van der Waals surface area contributed by atoms with Gasteiger partial charge in [-0.05, 0) is 13.8 Å². The van der Waals surface area contributed by atoms with E-state index >= 15 is 0 Å². The third kappa shape index (κ3) is 6.46. The van der Waals surface area contributed by atoms with Gasteiger partial charge in [0.25, 0.3) is 0 Å². The minimum absolute atomic E-state index is 0.307. The summed E-state index contributed by atoms with van der Waals surface area (Å²) in [5, 5.41) is 0. The van der Waals surface area contributed by atoms with Crippen LogP contribution < -0.4 is 0 Å². The maximum absolute atomic E-state index is 5.42. The van der Waals surface area contributed by atoms with Crippen molar-refractivity contribution in [1.29, 1.82) is 0 Å². The number of alkyl halides is 1. The number of hydrogen-bond donors (Lipinski definition) is 0. The first kappa shape index (κ1) is 11.8. The van der Waals surface area contributed by atoms with E-state index in [0.717, 1.165) is 0 Å². The second-order valence-electron chi connectivity index (χ2n) is 2.13. The van der Waals surface area contributed by atoms with Gasteiger partial charge in [0.05, 0.1) is 12.9 Å². The van der Waals surface area contributed by atoms with E-state index in [2.05, 4.69) is 6.58 Å². The summed E-state index contributed by atoms with van der Waals surface area (Å²) in [4.78, 5) is 0. The summed E-state index contributed by atoms with van der Waals surface area (Å²) in [5.74, 6) is 0.463. The Morgan fingerprint density at radius 3 is 2.58 bits per heavy atom. The molecule has 0 spiro atoms. The van der Waals surface area contributed by atoms with E-state index in [1.165, 1.54) is 6.26 Å². The van der Waals surface area contributed by atoms with Gasteiger partial charge in [-0.1, -0.05) is 6.58 Å². The molecule has 12 heavy (non-hydrogen) atoms. The van der Waals surface area contributed by atoms with Gasteiger partial charge in [0.2, 0.25) is 0 Å². The molecule has 0 rings (SSSR count). The molecule has 0 N–H and O–H groups in total. The zero-order valence-corrected chi connectivity index (χ0v) is 8.21. The molecular formula is C8H15ClO3. The fourth-order valence-corrected chi connectivity index (χ4v) is 0.776. The van der Waals surface area contributed by atoms with Gasteiger partial charge < -0.3 is 14.2 Å². The summed E-state index contributed by atoms with van der Waals surface area (Å²) in [6, 6.07) is 0. The molecule has 0 saturated carbocycles. The van der Waals surface area contributed by atoms with E-state index in [0.29, 0.717) is 12.5 Å². The molecule has 0 aromatic heterocycles. The van der Waals surface area contributed by atoms with Crippen LogP contribution in [0.15, 0.2) is 12.8 Å². The quantitative estimate of drug-likeness (QED) is 0.353. The lowest BCUT2D eigenvalue weighted by Crippen LogP contribution is -2.21. The summed E-state index contributed by atoms with van der Waals surface area (Å²) in [6.45, 7) is 7.43. The highest BCUT2D eigenvalue weighted by molar-refractivity contribution is 6.17. The van der Waals surface area contributed by atoms with Crippen molar-refractivity contribution in [2.45, 2.75) is 26.4 Å². The van der Waals surface area contributed by atoms with Crippen LogP contribution in [-0.4, -0.2) is 25.1 Å². The fourth-order valence-electron chi connectivity index (χ4n) is 0.687. The van der Waals surface area contributed by atoms with E-state index in [9.17, 15) is 0 Å². The fraction of sp³-hybridized carbons (Fsp3) is 0.750. The minimum atomic E-state index is -0.340. The molecule has 4 heteroatoms. The van der Waals surface area contributed by atoms with Crippen molar-refractivity contribution in [3.05, 3.63) is 12.8 Å². The molecule has 0 bridgehead atoms. The molecule has 0 aliphatic carbocycles. The van der Waals surface area contributed by atoms with E-state index < -0.39 is 0 Å². The third-order valence-corrected chi connectivity index (χ3v) is 1.26. The molecule has 0 amide bonds. The van der Waals surface area contributed by atoms with Crippen molar-refractivity contribution in [2.75, 3.05) is 12.5 Å². The van der Waals surface area contributed by atoms with Crippen molar-refractivity contribution in [3.8, 4) is 0 Å². The van der Waals surface area contributed by atoms with Gasteiger partial charge in [-0.25, -0.2) is 0 Å². The van der Waals surface area contributed by atoms with Crippen LogP contribution in [0, 0.1) is 0 Å². The molecular weight excluding hydrogens is 180 g/mol. The SMILES string of the molecule is C=COC(C)OC(C)OCCCl. The van der Waals surface area contributed by atoms with Crippen LogP contribution in [0.3, 0.4) is 0 Å². The smallest absolute Gasteiger partial charge is 0.198 e. The summed E-state index contributed by atoms with van der Waals surface area (Å²) in [6.07, 6.45) is 0.686. The van der Waals surface area contributed by atoms with Crippen LogP contribution in [0.2, 0.25) is 0 Å². The van der Waals surface area contributed by atoms with Crippen LogP contribution in [0.5, 0.6) is 0 Å². The van der Waals surface area contributed by atoms with E-state index in [-0.39, 0.29) is 12.6 Å². The lowest BCUT2D eigenvalue weighted by molar-refractivity contribution is -0.213. The summed E-state index contributed by atoms with van der Waals surface area (Å²) >= 11 is 5.42. The predicted molar refractivity (Wildman–Crippen MR) is 48.0 cm³/mol. The second kappa shape index (κ2) is 7.40. The molecule has 0 heterocycles. The van der Waals surface area contributed by atoms with Crippen LogP contribution in [0.1, 0.15) is 13.8 Å². The van der Waals surface area contributed by atoms with Crippen LogP contribution >= 0.6 is 11.6 Å². The average Bonchev–Trinajstić information content (AvgIpc) is 2.01. The Labute approximate surface area is 78.2 Å². The Morgan fingerprint density at radius 1 is 1.42 bits per heavy atom. The molecule has 0 fully saturated rings. The molecule has 3 nitrogen and oxygen atoms in total. The second-order valence-corrected chi connectivity index (χ2v) is 2.51. The first-order chi connectivity index (χ1) is 5.70. The van der Waals surface area contributed by atoms with Crippen molar-refractivity contribution >= 4 is 11.6 Å². The van der Waals surface area contributed by atoms with Crippen LogP contribution in [0.4, 0.5) is 0 Å². The highest BCUT2D eigenvalue weighted by atomic mass is 35.5. The van der Waals surface area contributed by atoms with E-state index in [1.54, 1.807) is 13.8 Å². The van der Waals surface area contributed by atoms with Crippen molar-refractivity contribution in [2.24, 2.45) is 0 Å². The van der Waals surface area contributed by atoms with E-state index in [4.69, 9.17) is 25.8 Å². The molecule has 2 atom stereocenters. The van der Waals surface area contributed by atoms with Gasteiger partial charge in [0.1, 0.15) is 0 Å². The lowest BCUT2D eigenvalue weighted by Gasteiger charge is -2.18. The maximum atomic E-state index is 5.42. The molecule has 0 radical (unpaired) electrons. The largest absolute Gasteiger partial charge is 0.473 e. The van der Waals surface area contributed by atoms with Crippen molar-refractivity contribution < 1.29 is 14.2 Å². The van der Waals surface area contributed by atoms with E-state index in [1.807, 2.05) is 0 Å². The van der Waals surface area contributed by atoms with Crippen LogP contribution in [0.25, 0.3) is 0 Å². The Kier molecular flexibility index (Phi) is 7.25. The van der Waals surface area contributed by atoms with Gasteiger partial charge in [-0.3, -0.25) is 0 Å². The molecule has 0 aliphatic rings. The Balaban J connectivity index is 3.39. The molecule has 0 aliphatic heterocycles. The van der Waals surface area contributed by atoms with Gasteiger partial charge in [0.15, 0.2) is 12.6 Å². The Bertz CT molecular complexity index is 119. The first-order valence-corrected chi connectivity index (χ1v) is 4.33. The number of ether oxygens (including phenoxy) is 3. The summed E-state index contributed by atoms with van der Waals surface area (Å²) in [5.41, 5.74) is 0. The molecule has 0 saturated heterocycles. The zero-order valence-electron chi connectivity index (χ0n) is 7.46. The molecule has 0 aromatic rings. The lowest BCUT2D eigenvalue weighted by atomic mass is 10.7. The van der Waals surface area contributed by atoms with Crippen molar-refractivity contribution in [1.82, 2.24) is 0 Å². The summed E-state index contributed by atoms with van der Waals surface area (Å²) in [7, 11) is 0. The van der Waals surface area contributed by atoms with Gasteiger partial charge in [-0.2, -0.15) is 0 Å². The highest BCUT2D eigenvalue weighted by Gasteiger charge is 2.07. The Morgan fingerprint density at radius 2 is 2.08 bits per heavy atom. The number of hydrogen-bond acceptors (Lipinski definition) is 3. The first-order valence-electron chi connectivity index (χ1n) is 3.80. The third-order valence-electron chi connectivity index (χ3n) is 1.10. The molecule has 2 unspecified atom stereocenters. The van der Waals surface area contributed by atoms with Gasteiger partial charge in [-0.15, -0.1) is 11.6 Å². The predicted octanol–water partition coefficient (Wildman–Crippen LogP) is 2.11. The van der Waals surface area contributed by atoms with Gasteiger partial charge >= 0.3 is 0 Å². The summed E-state index contributed by atoms with van der Waals surface area (Å²) < 4.78 is 15.3. The number of halogens is 1. The highest BCUT2D eigenvalue weighted by Crippen LogP contribution is 2.01.